The Bertz CT molecular complexity index is 883. The molecule has 1 unspecified atom stereocenters. The van der Waals surface area contributed by atoms with Crippen molar-refractivity contribution in [3.63, 3.8) is 0 Å². The number of nitrogens with zero attached hydrogens (tertiary/aromatic N) is 2. The molecule has 2 heterocycles. The van der Waals surface area contributed by atoms with E-state index in [9.17, 15) is 0 Å². The van der Waals surface area contributed by atoms with Crippen LogP contribution in [0.1, 0.15) is 64.3 Å². The fourth-order valence-electron chi connectivity index (χ4n) is 3.30. The maximum absolute atomic E-state index is 5.91. The molecule has 164 valence electrons. The minimum atomic E-state index is -0.0628. The maximum Gasteiger partial charge on any atom is 0.213 e. The van der Waals surface area contributed by atoms with E-state index >= 15 is 0 Å². The van der Waals surface area contributed by atoms with Crippen molar-refractivity contribution in [2.45, 2.75) is 72.6 Å². The van der Waals surface area contributed by atoms with Crippen molar-refractivity contribution in [2.75, 3.05) is 13.2 Å². The van der Waals surface area contributed by atoms with Gasteiger partial charge in [-0.1, -0.05) is 20.8 Å². The molecule has 2 N–H and O–H groups in total. The first-order valence-corrected chi connectivity index (χ1v) is 10.7. The second kappa shape index (κ2) is 9.41. The molecule has 0 saturated heterocycles. The molecule has 7 nitrogen and oxygen atoms in total. The van der Waals surface area contributed by atoms with Crippen LogP contribution in [0.4, 0.5) is 0 Å². The molecule has 0 fully saturated rings. The number of hydrogen-bond acceptors (Lipinski definition) is 5. The molecule has 1 aliphatic rings. The largest absolute Gasteiger partial charge is 0.494 e. The highest BCUT2D eigenvalue weighted by molar-refractivity contribution is 5.79. The number of fused-ring (bicyclic) bond motifs is 1. The van der Waals surface area contributed by atoms with Gasteiger partial charge in [0.05, 0.1) is 25.9 Å². The lowest BCUT2D eigenvalue weighted by atomic mass is 9.94. The Balaban J connectivity index is 1.71. The van der Waals surface area contributed by atoms with E-state index in [0.29, 0.717) is 31.5 Å². The van der Waals surface area contributed by atoms with Crippen LogP contribution in [0.25, 0.3) is 0 Å². The van der Waals surface area contributed by atoms with Gasteiger partial charge in [-0.3, -0.25) is 0 Å². The van der Waals surface area contributed by atoms with Gasteiger partial charge >= 0.3 is 0 Å². The highest BCUT2D eigenvalue weighted by atomic mass is 16.5. The van der Waals surface area contributed by atoms with Crippen LogP contribution in [0.2, 0.25) is 0 Å². The average Bonchev–Trinajstić information content (AvgIpc) is 3.29. The zero-order valence-corrected chi connectivity index (χ0v) is 19.0. The highest BCUT2D eigenvalue weighted by Gasteiger charge is 2.22. The van der Waals surface area contributed by atoms with E-state index in [-0.39, 0.29) is 11.5 Å². The summed E-state index contributed by atoms with van der Waals surface area (Å²) in [5, 5.41) is 6.56. The SMILES string of the molecule is CCNC(=NCc1cc2c(cc1OCC)CC(C)O2)NCc1ncc(C(C)(C)C)o1. The molecule has 2 aromatic rings. The lowest BCUT2D eigenvalue weighted by Gasteiger charge is -2.14. The second-order valence-corrected chi connectivity index (χ2v) is 8.55. The molecule has 0 radical (unpaired) electrons. The Hall–Kier alpha value is -2.70. The number of hydrogen-bond donors (Lipinski definition) is 2. The fourth-order valence-corrected chi connectivity index (χ4v) is 3.30. The maximum atomic E-state index is 5.91. The van der Waals surface area contributed by atoms with Gasteiger partial charge in [-0.2, -0.15) is 0 Å². The third-order valence-electron chi connectivity index (χ3n) is 4.83. The van der Waals surface area contributed by atoms with Crippen molar-refractivity contribution in [2.24, 2.45) is 4.99 Å². The van der Waals surface area contributed by atoms with Crippen LogP contribution < -0.4 is 20.1 Å². The molecule has 3 rings (SSSR count). The van der Waals surface area contributed by atoms with Gasteiger partial charge < -0.3 is 24.5 Å². The van der Waals surface area contributed by atoms with E-state index in [4.69, 9.17) is 18.9 Å². The number of ether oxygens (including phenoxy) is 2. The number of rotatable bonds is 7. The van der Waals surface area contributed by atoms with E-state index in [0.717, 1.165) is 35.8 Å². The highest BCUT2D eigenvalue weighted by Crippen LogP contribution is 2.35. The zero-order valence-electron chi connectivity index (χ0n) is 19.0. The second-order valence-electron chi connectivity index (χ2n) is 8.55. The number of aromatic nitrogens is 1. The molecular weight excluding hydrogens is 380 g/mol. The van der Waals surface area contributed by atoms with E-state index in [2.05, 4.69) is 55.4 Å². The van der Waals surface area contributed by atoms with Crippen molar-refractivity contribution in [1.82, 2.24) is 15.6 Å². The summed E-state index contributed by atoms with van der Waals surface area (Å²) in [7, 11) is 0. The number of aliphatic imine (C=N–C) groups is 1. The van der Waals surface area contributed by atoms with Gasteiger partial charge in [0.2, 0.25) is 5.89 Å². The zero-order chi connectivity index (χ0) is 21.7. The van der Waals surface area contributed by atoms with Gasteiger partial charge in [-0.15, -0.1) is 0 Å². The summed E-state index contributed by atoms with van der Waals surface area (Å²) in [6.45, 7) is 14.7. The molecule has 7 heteroatoms. The number of oxazole rings is 1. The summed E-state index contributed by atoms with van der Waals surface area (Å²) >= 11 is 0. The topological polar surface area (TPSA) is 80.9 Å². The van der Waals surface area contributed by atoms with Crippen molar-refractivity contribution >= 4 is 5.96 Å². The minimum absolute atomic E-state index is 0.0628. The summed E-state index contributed by atoms with van der Waals surface area (Å²) in [6, 6.07) is 4.15. The lowest BCUT2D eigenvalue weighted by molar-refractivity contribution is 0.254. The quantitative estimate of drug-likeness (QED) is 0.527. The molecule has 1 aromatic heterocycles. The first-order chi connectivity index (χ1) is 14.3. The van der Waals surface area contributed by atoms with Crippen LogP contribution in [-0.2, 0) is 24.9 Å². The third kappa shape index (κ3) is 5.46. The summed E-state index contributed by atoms with van der Waals surface area (Å²) in [5.41, 5.74) is 2.14. The first-order valence-electron chi connectivity index (χ1n) is 10.7. The van der Waals surface area contributed by atoms with Gasteiger partial charge in [-0.05, 0) is 32.9 Å². The van der Waals surface area contributed by atoms with Crippen LogP contribution in [0, 0.1) is 0 Å². The summed E-state index contributed by atoms with van der Waals surface area (Å²) in [5.74, 6) is 4.01. The van der Waals surface area contributed by atoms with Crippen molar-refractivity contribution in [1.29, 1.82) is 0 Å². The van der Waals surface area contributed by atoms with Crippen molar-refractivity contribution < 1.29 is 13.9 Å². The van der Waals surface area contributed by atoms with Crippen LogP contribution in [-0.4, -0.2) is 30.2 Å². The predicted molar refractivity (Wildman–Crippen MR) is 118 cm³/mol. The standard InChI is InChI=1S/C23H34N4O3/c1-7-24-22(27-14-21-25-13-20(30-21)23(4,5)6)26-12-17-11-19-16(9-15(3)29-19)10-18(17)28-8-2/h10-11,13,15H,7-9,12,14H2,1-6H3,(H2,24,26,27). The number of nitrogens with one attached hydrogen (secondary N) is 2. The smallest absolute Gasteiger partial charge is 0.213 e. The minimum Gasteiger partial charge on any atom is -0.494 e. The van der Waals surface area contributed by atoms with Crippen LogP contribution in [0.5, 0.6) is 11.5 Å². The molecule has 1 aliphatic heterocycles. The Morgan fingerprint density at radius 1 is 1.27 bits per heavy atom. The van der Waals surface area contributed by atoms with Crippen LogP contribution in [0.15, 0.2) is 27.7 Å². The van der Waals surface area contributed by atoms with Gasteiger partial charge in [-0.25, -0.2) is 9.98 Å². The van der Waals surface area contributed by atoms with E-state index in [1.54, 1.807) is 6.20 Å². The Kier molecular flexibility index (Phi) is 6.90. The molecule has 0 bridgehead atoms. The molecule has 0 aliphatic carbocycles. The Morgan fingerprint density at radius 3 is 2.73 bits per heavy atom. The van der Waals surface area contributed by atoms with E-state index in [1.165, 1.54) is 5.56 Å². The number of guanidine groups is 1. The van der Waals surface area contributed by atoms with Crippen LogP contribution >= 0.6 is 0 Å². The van der Waals surface area contributed by atoms with Gasteiger partial charge in [0, 0.05) is 29.5 Å². The number of benzene rings is 1. The molecule has 1 aromatic carbocycles. The predicted octanol–water partition coefficient (Wildman–Crippen LogP) is 3.95. The van der Waals surface area contributed by atoms with Gasteiger partial charge in [0.1, 0.15) is 23.4 Å². The molecule has 0 spiro atoms. The van der Waals surface area contributed by atoms with Crippen LogP contribution in [0.3, 0.4) is 0 Å². The normalized spacial score (nSPS) is 16.2. The van der Waals surface area contributed by atoms with E-state index in [1.807, 2.05) is 13.8 Å². The molecule has 0 saturated carbocycles. The average molecular weight is 415 g/mol. The lowest BCUT2D eigenvalue weighted by Crippen LogP contribution is -2.36. The Labute approximate surface area is 179 Å². The Morgan fingerprint density at radius 2 is 2.07 bits per heavy atom. The summed E-state index contributed by atoms with van der Waals surface area (Å²) in [6.07, 6.45) is 2.91. The molecule has 0 amide bonds. The monoisotopic (exact) mass is 414 g/mol. The molecule has 1 atom stereocenters. The summed E-state index contributed by atoms with van der Waals surface area (Å²) in [4.78, 5) is 9.10. The van der Waals surface area contributed by atoms with Crippen molar-refractivity contribution in [3.05, 3.63) is 41.1 Å². The van der Waals surface area contributed by atoms with E-state index < -0.39 is 0 Å². The fraction of sp³-hybridized carbons (Fsp3) is 0.565. The summed E-state index contributed by atoms with van der Waals surface area (Å²) < 4.78 is 17.6. The van der Waals surface area contributed by atoms with Crippen molar-refractivity contribution in [3.8, 4) is 11.5 Å². The molecule has 30 heavy (non-hydrogen) atoms. The molecular formula is C23H34N4O3. The first kappa shape index (κ1) is 22.0. The van der Waals surface area contributed by atoms with Gasteiger partial charge in [0.25, 0.3) is 0 Å². The third-order valence-corrected chi connectivity index (χ3v) is 4.83. The van der Waals surface area contributed by atoms with Gasteiger partial charge in [0.15, 0.2) is 5.96 Å².